The van der Waals surface area contributed by atoms with Crippen molar-refractivity contribution >= 4 is 17.8 Å². The molecule has 2 rings (SSSR count). The Labute approximate surface area is 107 Å². The molecule has 0 bridgehead atoms. The van der Waals surface area contributed by atoms with Gasteiger partial charge in [0.2, 0.25) is 0 Å². The lowest BCUT2D eigenvalue weighted by atomic mass is 10.2. The van der Waals surface area contributed by atoms with Crippen LogP contribution in [0.5, 0.6) is 0 Å². The summed E-state index contributed by atoms with van der Waals surface area (Å²) in [6.45, 7) is 5.06. The van der Waals surface area contributed by atoms with Gasteiger partial charge in [-0.1, -0.05) is 25.1 Å². The van der Waals surface area contributed by atoms with Crippen LogP contribution in [-0.4, -0.2) is 14.8 Å². The number of benzene rings is 1. The SMILES string of the molecule is CCCn1c(C)nnc1/C=C/c1cccc(N)c1. The van der Waals surface area contributed by atoms with Crippen molar-refractivity contribution in [3.8, 4) is 0 Å². The van der Waals surface area contributed by atoms with Gasteiger partial charge in [-0.05, 0) is 37.1 Å². The van der Waals surface area contributed by atoms with Crippen LogP contribution in [0.3, 0.4) is 0 Å². The second kappa shape index (κ2) is 5.49. The summed E-state index contributed by atoms with van der Waals surface area (Å²) in [6.07, 6.45) is 5.05. The summed E-state index contributed by atoms with van der Waals surface area (Å²) in [7, 11) is 0. The molecule has 94 valence electrons. The van der Waals surface area contributed by atoms with Crippen LogP contribution in [0.15, 0.2) is 24.3 Å². The monoisotopic (exact) mass is 242 g/mol. The van der Waals surface area contributed by atoms with Gasteiger partial charge in [-0.15, -0.1) is 10.2 Å². The molecular formula is C14H18N4. The second-order valence-corrected chi connectivity index (χ2v) is 4.26. The molecule has 2 aromatic rings. The Morgan fingerprint density at radius 1 is 1.28 bits per heavy atom. The summed E-state index contributed by atoms with van der Waals surface area (Å²) in [6, 6.07) is 7.77. The van der Waals surface area contributed by atoms with E-state index in [0.29, 0.717) is 0 Å². The summed E-state index contributed by atoms with van der Waals surface area (Å²) >= 11 is 0. The van der Waals surface area contributed by atoms with Crippen LogP contribution in [0.4, 0.5) is 5.69 Å². The number of nitrogens with two attached hydrogens (primary N) is 1. The van der Waals surface area contributed by atoms with E-state index in [1.54, 1.807) is 0 Å². The first-order chi connectivity index (χ1) is 8.70. The molecule has 0 atom stereocenters. The first kappa shape index (κ1) is 12.4. The Morgan fingerprint density at radius 2 is 2.11 bits per heavy atom. The Kier molecular flexibility index (Phi) is 3.77. The second-order valence-electron chi connectivity index (χ2n) is 4.26. The summed E-state index contributed by atoms with van der Waals surface area (Å²) in [5.41, 5.74) is 7.58. The van der Waals surface area contributed by atoms with Gasteiger partial charge in [-0.3, -0.25) is 0 Å². The van der Waals surface area contributed by atoms with Crippen molar-refractivity contribution in [2.24, 2.45) is 0 Å². The lowest BCUT2D eigenvalue weighted by Gasteiger charge is -2.03. The van der Waals surface area contributed by atoms with Crippen LogP contribution >= 0.6 is 0 Å². The van der Waals surface area contributed by atoms with E-state index in [0.717, 1.165) is 35.9 Å². The van der Waals surface area contributed by atoms with Crippen LogP contribution in [0.2, 0.25) is 0 Å². The maximum absolute atomic E-state index is 5.74. The highest BCUT2D eigenvalue weighted by Crippen LogP contribution is 2.11. The van der Waals surface area contributed by atoms with E-state index in [1.807, 2.05) is 43.3 Å². The van der Waals surface area contributed by atoms with Crippen LogP contribution < -0.4 is 5.73 Å². The molecule has 0 amide bonds. The van der Waals surface area contributed by atoms with Gasteiger partial charge in [0, 0.05) is 12.2 Å². The molecule has 0 aliphatic heterocycles. The van der Waals surface area contributed by atoms with Crippen molar-refractivity contribution in [1.29, 1.82) is 0 Å². The molecule has 1 heterocycles. The maximum Gasteiger partial charge on any atom is 0.156 e. The Balaban J connectivity index is 2.23. The molecule has 18 heavy (non-hydrogen) atoms. The van der Waals surface area contributed by atoms with E-state index in [-0.39, 0.29) is 0 Å². The fourth-order valence-corrected chi connectivity index (χ4v) is 1.85. The first-order valence-corrected chi connectivity index (χ1v) is 6.14. The third kappa shape index (κ3) is 2.77. The Bertz CT molecular complexity index is 555. The maximum atomic E-state index is 5.74. The molecule has 0 unspecified atom stereocenters. The van der Waals surface area contributed by atoms with E-state index >= 15 is 0 Å². The van der Waals surface area contributed by atoms with Crippen LogP contribution in [0.25, 0.3) is 12.2 Å². The smallest absolute Gasteiger partial charge is 0.156 e. The summed E-state index contributed by atoms with van der Waals surface area (Å²) in [5.74, 6) is 1.83. The summed E-state index contributed by atoms with van der Waals surface area (Å²) in [5, 5.41) is 8.27. The van der Waals surface area contributed by atoms with Crippen molar-refractivity contribution in [3.05, 3.63) is 41.5 Å². The molecule has 0 aliphatic rings. The van der Waals surface area contributed by atoms with E-state index in [9.17, 15) is 0 Å². The molecule has 0 saturated carbocycles. The van der Waals surface area contributed by atoms with E-state index in [1.165, 1.54) is 0 Å². The van der Waals surface area contributed by atoms with Gasteiger partial charge < -0.3 is 10.3 Å². The molecule has 0 saturated heterocycles. The average molecular weight is 242 g/mol. The minimum atomic E-state index is 0.767. The number of hydrogen-bond acceptors (Lipinski definition) is 3. The van der Waals surface area contributed by atoms with E-state index < -0.39 is 0 Å². The number of rotatable bonds is 4. The number of nitrogen functional groups attached to an aromatic ring is 1. The van der Waals surface area contributed by atoms with Gasteiger partial charge >= 0.3 is 0 Å². The minimum absolute atomic E-state index is 0.767. The highest BCUT2D eigenvalue weighted by Gasteiger charge is 2.04. The van der Waals surface area contributed by atoms with Crippen LogP contribution in [-0.2, 0) is 6.54 Å². The molecule has 0 radical (unpaired) electrons. The zero-order valence-electron chi connectivity index (χ0n) is 10.8. The van der Waals surface area contributed by atoms with Gasteiger partial charge in [-0.25, -0.2) is 0 Å². The standard InChI is InChI=1S/C14H18N4/c1-3-9-18-11(2)16-17-14(18)8-7-12-5-4-6-13(15)10-12/h4-8,10H,3,9,15H2,1-2H3/b8-7+. The predicted octanol–water partition coefficient (Wildman–Crippen LogP) is 2.75. The molecule has 1 aromatic carbocycles. The number of nitrogens with zero attached hydrogens (tertiary/aromatic N) is 3. The van der Waals surface area contributed by atoms with Gasteiger partial charge in [-0.2, -0.15) is 0 Å². The molecular weight excluding hydrogens is 224 g/mol. The van der Waals surface area contributed by atoms with Crippen molar-refractivity contribution in [1.82, 2.24) is 14.8 Å². The lowest BCUT2D eigenvalue weighted by molar-refractivity contribution is 0.652. The van der Waals surface area contributed by atoms with Crippen molar-refractivity contribution < 1.29 is 0 Å². The number of aromatic nitrogens is 3. The topological polar surface area (TPSA) is 56.7 Å². The third-order valence-corrected chi connectivity index (χ3v) is 2.75. The third-order valence-electron chi connectivity index (χ3n) is 2.75. The highest BCUT2D eigenvalue weighted by atomic mass is 15.3. The molecule has 0 fully saturated rings. The van der Waals surface area contributed by atoms with Gasteiger partial charge in [0.25, 0.3) is 0 Å². The molecule has 0 aliphatic carbocycles. The quantitative estimate of drug-likeness (QED) is 0.839. The van der Waals surface area contributed by atoms with Crippen molar-refractivity contribution in [3.63, 3.8) is 0 Å². The average Bonchev–Trinajstić information content (AvgIpc) is 2.69. The highest BCUT2D eigenvalue weighted by molar-refractivity contribution is 5.68. The number of aryl methyl sites for hydroxylation is 1. The van der Waals surface area contributed by atoms with E-state index in [2.05, 4.69) is 21.7 Å². The zero-order valence-corrected chi connectivity index (χ0v) is 10.8. The fourth-order valence-electron chi connectivity index (χ4n) is 1.85. The molecule has 1 aromatic heterocycles. The van der Waals surface area contributed by atoms with Crippen molar-refractivity contribution in [2.75, 3.05) is 5.73 Å². The van der Waals surface area contributed by atoms with E-state index in [4.69, 9.17) is 5.73 Å². The molecule has 4 heteroatoms. The first-order valence-electron chi connectivity index (χ1n) is 6.14. The van der Waals surface area contributed by atoms with Crippen LogP contribution in [0.1, 0.15) is 30.6 Å². The minimum Gasteiger partial charge on any atom is -0.399 e. The molecule has 4 nitrogen and oxygen atoms in total. The molecule has 0 spiro atoms. The summed E-state index contributed by atoms with van der Waals surface area (Å²) < 4.78 is 2.11. The fraction of sp³-hybridized carbons (Fsp3) is 0.286. The molecule has 2 N–H and O–H groups in total. The normalized spacial score (nSPS) is 11.2. The lowest BCUT2D eigenvalue weighted by Crippen LogP contribution is -2.01. The number of hydrogen-bond donors (Lipinski definition) is 1. The summed E-state index contributed by atoms with van der Waals surface area (Å²) in [4.78, 5) is 0. The zero-order chi connectivity index (χ0) is 13.0. The van der Waals surface area contributed by atoms with Crippen LogP contribution in [0, 0.1) is 6.92 Å². The van der Waals surface area contributed by atoms with Crippen molar-refractivity contribution in [2.45, 2.75) is 26.8 Å². The number of anilines is 1. The Hall–Kier alpha value is -2.10. The van der Waals surface area contributed by atoms with Gasteiger partial charge in [0.1, 0.15) is 5.82 Å². The predicted molar refractivity (Wildman–Crippen MR) is 74.8 cm³/mol. The van der Waals surface area contributed by atoms with Gasteiger partial charge in [0.15, 0.2) is 5.82 Å². The Morgan fingerprint density at radius 3 is 2.83 bits per heavy atom. The largest absolute Gasteiger partial charge is 0.399 e. The van der Waals surface area contributed by atoms with Gasteiger partial charge in [0.05, 0.1) is 0 Å².